The maximum Gasteiger partial charge on any atom is 0.408 e. The summed E-state index contributed by atoms with van der Waals surface area (Å²) in [5.41, 5.74) is 0.888. The number of hydrogen-bond donors (Lipinski definition) is 2. The molecule has 1 unspecified atom stereocenters. The van der Waals surface area contributed by atoms with Crippen molar-refractivity contribution in [1.82, 2.24) is 10.6 Å². The number of furan rings is 1. The van der Waals surface area contributed by atoms with Gasteiger partial charge in [0.1, 0.15) is 24.2 Å². The van der Waals surface area contributed by atoms with E-state index in [2.05, 4.69) is 10.6 Å². The fourth-order valence-corrected chi connectivity index (χ4v) is 2.65. The molecular formula is C21H28N2O4. The minimum Gasteiger partial charge on any atom is -0.464 e. The van der Waals surface area contributed by atoms with Crippen LogP contribution in [0.3, 0.4) is 0 Å². The normalized spacial score (nSPS) is 14.1. The number of carbonyl (C=O) groups excluding carboxylic acids is 2. The highest BCUT2D eigenvalue weighted by Gasteiger charge is 2.28. The summed E-state index contributed by atoms with van der Waals surface area (Å²) >= 11 is 0. The van der Waals surface area contributed by atoms with Crippen molar-refractivity contribution in [2.24, 2.45) is 5.92 Å². The topological polar surface area (TPSA) is 80.6 Å². The van der Waals surface area contributed by atoms with Gasteiger partial charge < -0.3 is 19.8 Å². The molecule has 2 N–H and O–H groups in total. The zero-order chi connectivity index (χ0) is 19.8. The van der Waals surface area contributed by atoms with Crippen LogP contribution in [0.5, 0.6) is 0 Å². The molecule has 0 aliphatic rings. The van der Waals surface area contributed by atoms with Crippen LogP contribution in [-0.4, -0.2) is 18.0 Å². The first-order valence-electron chi connectivity index (χ1n) is 9.24. The molecule has 6 heteroatoms. The van der Waals surface area contributed by atoms with Crippen molar-refractivity contribution in [1.29, 1.82) is 0 Å². The molecule has 6 nitrogen and oxygen atoms in total. The summed E-state index contributed by atoms with van der Waals surface area (Å²) < 4.78 is 10.8. The lowest BCUT2D eigenvalue weighted by Crippen LogP contribution is -2.50. The Kier molecular flexibility index (Phi) is 7.46. The SMILES string of the molecule is CC[C@H](C)[C@H](NC(=O)OCc1ccccc1)C(=O)NC(C)c1ccc(C)o1. The van der Waals surface area contributed by atoms with Crippen LogP contribution in [0.25, 0.3) is 0 Å². The van der Waals surface area contributed by atoms with Crippen molar-refractivity contribution in [2.45, 2.75) is 52.8 Å². The third-order valence-corrected chi connectivity index (χ3v) is 4.53. The highest BCUT2D eigenvalue weighted by molar-refractivity contribution is 5.86. The lowest BCUT2D eigenvalue weighted by molar-refractivity contribution is -0.125. The maximum atomic E-state index is 12.7. The van der Waals surface area contributed by atoms with Crippen LogP contribution in [0.4, 0.5) is 4.79 Å². The molecule has 1 aromatic heterocycles. The molecule has 1 heterocycles. The second-order valence-corrected chi connectivity index (χ2v) is 6.75. The first-order valence-corrected chi connectivity index (χ1v) is 9.24. The monoisotopic (exact) mass is 372 g/mol. The quantitative estimate of drug-likeness (QED) is 0.731. The van der Waals surface area contributed by atoms with Crippen LogP contribution in [0.1, 0.15) is 50.3 Å². The lowest BCUT2D eigenvalue weighted by Gasteiger charge is -2.24. The predicted molar refractivity (Wildman–Crippen MR) is 103 cm³/mol. The number of benzene rings is 1. The van der Waals surface area contributed by atoms with Crippen molar-refractivity contribution < 1.29 is 18.7 Å². The van der Waals surface area contributed by atoms with Gasteiger partial charge in [0.2, 0.25) is 5.91 Å². The van der Waals surface area contributed by atoms with Gasteiger partial charge in [-0.3, -0.25) is 4.79 Å². The number of rotatable bonds is 8. The standard InChI is InChI=1S/C21H28N2O4/c1-5-14(2)19(20(24)22-16(4)18-12-11-15(3)27-18)23-21(25)26-13-17-9-7-6-8-10-17/h6-12,14,16,19H,5,13H2,1-4H3,(H,22,24)(H,23,25)/t14-,16?,19-/m0/s1. The first kappa shape index (κ1) is 20.6. The molecule has 0 radical (unpaired) electrons. The van der Waals surface area contributed by atoms with E-state index in [1.807, 2.05) is 70.2 Å². The summed E-state index contributed by atoms with van der Waals surface area (Å²) in [6.07, 6.45) is 0.131. The van der Waals surface area contributed by atoms with E-state index in [0.29, 0.717) is 5.76 Å². The summed E-state index contributed by atoms with van der Waals surface area (Å²) in [6.45, 7) is 7.75. The summed E-state index contributed by atoms with van der Waals surface area (Å²) in [6, 6.07) is 12.1. The van der Waals surface area contributed by atoms with Crippen LogP contribution in [0.2, 0.25) is 0 Å². The minimum atomic E-state index is -0.684. The van der Waals surface area contributed by atoms with Crippen molar-refractivity contribution in [3.05, 3.63) is 59.5 Å². The maximum absolute atomic E-state index is 12.7. The summed E-state index contributed by atoms with van der Waals surface area (Å²) in [5, 5.41) is 5.60. The van der Waals surface area contributed by atoms with Crippen LogP contribution in [-0.2, 0) is 16.1 Å². The van der Waals surface area contributed by atoms with E-state index in [0.717, 1.165) is 17.7 Å². The van der Waals surface area contributed by atoms with E-state index >= 15 is 0 Å². The third-order valence-electron chi connectivity index (χ3n) is 4.53. The summed E-state index contributed by atoms with van der Waals surface area (Å²) in [7, 11) is 0. The molecule has 2 amide bonds. The van der Waals surface area contributed by atoms with Gasteiger partial charge in [-0.2, -0.15) is 0 Å². The zero-order valence-electron chi connectivity index (χ0n) is 16.3. The molecule has 0 fully saturated rings. The molecule has 0 aliphatic carbocycles. The Bertz CT molecular complexity index is 742. The molecule has 0 aliphatic heterocycles. The van der Waals surface area contributed by atoms with E-state index in [-0.39, 0.29) is 24.5 Å². The van der Waals surface area contributed by atoms with Gasteiger partial charge in [0.05, 0.1) is 6.04 Å². The van der Waals surface area contributed by atoms with Gasteiger partial charge in [-0.05, 0) is 37.5 Å². The Morgan fingerprint density at radius 3 is 2.37 bits per heavy atom. The van der Waals surface area contributed by atoms with Gasteiger partial charge in [0, 0.05) is 0 Å². The molecule has 146 valence electrons. The molecule has 3 atom stereocenters. The van der Waals surface area contributed by atoms with Crippen LogP contribution < -0.4 is 10.6 Å². The molecule has 0 saturated carbocycles. The van der Waals surface area contributed by atoms with E-state index < -0.39 is 12.1 Å². The van der Waals surface area contributed by atoms with Gasteiger partial charge in [0.15, 0.2) is 0 Å². The fraction of sp³-hybridized carbons (Fsp3) is 0.429. The average Bonchev–Trinajstić information content (AvgIpc) is 3.11. The van der Waals surface area contributed by atoms with Gasteiger partial charge in [-0.25, -0.2) is 4.79 Å². The summed E-state index contributed by atoms with van der Waals surface area (Å²) in [4.78, 5) is 24.9. The average molecular weight is 372 g/mol. The molecule has 1 aromatic carbocycles. The fourth-order valence-electron chi connectivity index (χ4n) is 2.65. The van der Waals surface area contributed by atoms with Crippen LogP contribution in [0.15, 0.2) is 46.9 Å². The van der Waals surface area contributed by atoms with Gasteiger partial charge >= 0.3 is 6.09 Å². The molecule has 0 spiro atoms. The number of ether oxygens (including phenoxy) is 1. The van der Waals surface area contributed by atoms with Gasteiger partial charge in [-0.15, -0.1) is 0 Å². The Morgan fingerprint density at radius 2 is 1.78 bits per heavy atom. The Balaban J connectivity index is 1.94. The van der Waals surface area contributed by atoms with E-state index in [4.69, 9.17) is 9.15 Å². The third kappa shape index (κ3) is 6.16. The van der Waals surface area contributed by atoms with Crippen LogP contribution in [0, 0.1) is 12.8 Å². The Hall–Kier alpha value is -2.76. The Morgan fingerprint density at radius 1 is 1.07 bits per heavy atom. The largest absolute Gasteiger partial charge is 0.464 e. The van der Waals surface area contributed by atoms with E-state index in [1.54, 1.807) is 0 Å². The van der Waals surface area contributed by atoms with Gasteiger partial charge in [0.25, 0.3) is 0 Å². The van der Waals surface area contributed by atoms with Crippen molar-refractivity contribution in [2.75, 3.05) is 0 Å². The van der Waals surface area contributed by atoms with Crippen molar-refractivity contribution in [3.8, 4) is 0 Å². The first-order chi connectivity index (χ1) is 12.9. The van der Waals surface area contributed by atoms with Crippen LogP contribution >= 0.6 is 0 Å². The molecule has 2 aromatic rings. The number of carbonyl (C=O) groups is 2. The van der Waals surface area contributed by atoms with Gasteiger partial charge in [-0.1, -0.05) is 50.6 Å². The number of nitrogens with one attached hydrogen (secondary N) is 2. The number of amides is 2. The predicted octanol–water partition coefficient (Wildman–Crippen LogP) is 4.11. The number of alkyl carbamates (subject to hydrolysis) is 1. The van der Waals surface area contributed by atoms with Crippen molar-refractivity contribution >= 4 is 12.0 Å². The Labute approximate surface area is 160 Å². The molecule has 27 heavy (non-hydrogen) atoms. The highest BCUT2D eigenvalue weighted by atomic mass is 16.5. The van der Waals surface area contributed by atoms with E-state index in [9.17, 15) is 9.59 Å². The zero-order valence-corrected chi connectivity index (χ0v) is 16.3. The summed E-state index contributed by atoms with van der Waals surface area (Å²) in [5.74, 6) is 1.16. The highest BCUT2D eigenvalue weighted by Crippen LogP contribution is 2.17. The lowest BCUT2D eigenvalue weighted by atomic mass is 9.98. The molecule has 0 saturated heterocycles. The molecule has 0 bridgehead atoms. The van der Waals surface area contributed by atoms with Crippen molar-refractivity contribution in [3.63, 3.8) is 0 Å². The number of aryl methyl sites for hydroxylation is 1. The smallest absolute Gasteiger partial charge is 0.408 e. The van der Waals surface area contributed by atoms with E-state index in [1.165, 1.54) is 0 Å². The minimum absolute atomic E-state index is 0.0418. The molecular weight excluding hydrogens is 344 g/mol. The second-order valence-electron chi connectivity index (χ2n) is 6.75. The second kappa shape index (κ2) is 9.80. The number of hydrogen-bond acceptors (Lipinski definition) is 4. The molecule has 2 rings (SSSR count).